The maximum absolute atomic E-state index is 11.1. The summed E-state index contributed by atoms with van der Waals surface area (Å²) in [6.45, 7) is 5.46. The molecule has 0 saturated carbocycles. The number of anilines is 1. The maximum atomic E-state index is 11.1. The lowest BCUT2D eigenvalue weighted by molar-refractivity contribution is 0.0183. The number of hydrazine groups is 1. The normalized spacial score (nSPS) is 22.3. The van der Waals surface area contributed by atoms with E-state index in [0.717, 1.165) is 11.1 Å². The Bertz CT molecular complexity index is 439. The van der Waals surface area contributed by atoms with E-state index in [-0.39, 0.29) is 11.7 Å². The summed E-state index contributed by atoms with van der Waals surface area (Å²) in [6, 6.07) is 1.45. The molecule has 0 spiro atoms. The first-order chi connectivity index (χ1) is 7.00. The maximum Gasteiger partial charge on any atom is 0.337 e. The molecule has 0 saturated heterocycles. The predicted molar refractivity (Wildman–Crippen MR) is 55.3 cm³/mol. The number of aryl methyl sites for hydroxylation is 1. The Kier molecular flexibility index (Phi) is 2.28. The summed E-state index contributed by atoms with van der Waals surface area (Å²) in [5, 5.41) is 11.1. The molecule has 1 aliphatic rings. The third kappa shape index (κ3) is 1.53. The minimum absolute atomic E-state index is 0.00986. The molecule has 2 atom stereocenters. The van der Waals surface area contributed by atoms with Gasteiger partial charge >= 0.3 is 5.63 Å². The first-order valence-electron chi connectivity index (χ1n) is 4.88. The molecule has 0 bridgehead atoms. The average molecular weight is 210 g/mol. The van der Waals surface area contributed by atoms with E-state index in [1.165, 1.54) is 6.07 Å². The van der Waals surface area contributed by atoms with Crippen molar-refractivity contribution in [3.05, 3.63) is 27.6 Å². The van der Waals surface area contributed by atoms with E-state index in [9.17, 15) is 9.90 Å². The Morgan fingerprint density at radius 3 is 2.93 bits per heavy atom. The molecule has 2 rings (SSSR count). The lowest BCUT2D eigenvalue weighted by Crippen LogP contribution is -2.35. The number of hydrogen-bond donors (Lipinski definition) is 2. The molecule has 2 unspecified atom stereocenters. The van der Waals surface area contributed by atoms with Crippen molar-refractivity contribution in [3.8, 4) is 0 Å². The fourth-order valence-corrected chi connectivity index (χ4v) is 1.99. The first-order valence-corrected chi connectivity index (χ1v) is 4.88. The Balaban J connectivity index is 2.50. The molecule has 0 fully saturated rings. The average Bonchev–Trinajstić information content (AvgIpc) is 2.42. The highest BCUT2D eigenvalue weighted by Crippen LogP contribution is 2.36. The molecule has 0 aliphatic carbocycles. The molecule has 2 heterocycles. The van der Waals surface area contributed by atoms with Crippen LogP contribution in [0.1, 0.15) is 31.0 Å². The second kappa shape index (κ2) is 3.36. The molecule has 5 nitrogen and oxygen atoms in total. The van der Waals surface area contributed by atoms with Gasteiger partial charge < -0.3 is 9.52 Å². The van der Waals surface area contributed by atoms with Gasteiger partial charge in [0.1, 0.15) is 6.23 Å². The van der Waals surface area contributed by atoms with Crippen LogP contribution in [0.5, 0.6) is 0 Å². The Morgan fingerprint density at radius 1 is 1.67 bits per heavy atom. The molecular formula is C10H14N2O3. The highest BCUT2D eigenvalue weighted by molar-refractivity contribution is 5.50. The minimum atomic E-state index is -0.642. The number of rotatable bonds is 1. The number of aliphatic hydroxyl groups is 1. The lowest BCUT2D eigenvalue weighted by atomic mass is 10.1. The zero-order valence-electron chi connectivity index (χ0n) is 8.94. The molecular weight excluding hydrogens is 196 g/mol. The molecule has 5 heteroatoms. The second-order valence-corrected chi connectivity index (χ2v) is 3.82. The molecule has 1 aliphatic heterocycles. The summed E-state index contributed by atoms with van der Waals surface area (Å²) < 4.78 is 5.03. The number of fused-ring (bicyclic) bond motifs is 1. The van der Waals surface area contributed by atoms with Crippen molar-refractivity contribution in [1.82, 2.24) is 5.01 Å². The molecule has 15 heavy (non-hydrogen) atoms. The van der Waals surface area contributed by atoms with Gasteiger partial charge in [-0.3, -0.25) is 5.43 Å². The van der Waals surface area contributed by atoms with Crippen molar-refractivity contribution >= 4 is 5.88 Å². The van der Waals surface area contributed by atoms with Crippen LogP contribution in [0, 0.1) is 6.92 Å². The van der Waals surface area contributed by atoms with E-state index in [2.05, 4.69) is 5.43 Å². The van der Waals surface area contributed by atoms with Gasteiger partial charge in [0.2, 0.25) is 5.88 Å². The summed E-state index contributed by atoms with van der Waals surface area (Å²) >= 11 is 0. The van der Waals surface area contributed by atoms with Gasteiger partial charge in [0.05, 0.1) is 6.04 Å². The van der Waals surface area contributed by atoms with Crippen molar-refractivity contribution in [2.24, 2.45) is 0 Å². The van der Waals surface area contributed by atoms with Gasteiger partial charge in [0.25, 0.3) is 0 Å². The molecule has 1 aromatic rings. The van der Waals surface area contributed by atoms with Crippen molar-refractivity contribution in [1.29, 1.82) is 0 Å². The quantitative estimate of drug-likeness (QED) is 0.723. The SMILES string of the molecule is Cc1cc(=O)oc2c1C(C)N(C(C)O)N2. The van der Waals surface area contributed by atoms with Crippen LogP contribution in [0.2, 0.25) is 0 Å². The van der Waals surface area contributed by atoms with Crippen LogP contribution in [-0.2, 0) is 0 Å². The topological polar surface area (TPSA) is 65.7 Å². The van der Waals surface area contributed by atoms with E-state index >= 15 is 0 Å². The van der Waals surface area contributed by atoms with Crippen molar-refractivity contribution < 1.29 is 9.52 Å². The molecule has 0 aromatic carbocycles. The van der Waals surface area contributed by atoms with Crippen LogP contribution in [0.3, 0.4) is 0 Å². The van der Waals surface area contributed by atoms with E-state index in [1.54, 1.807) is 11.9 Å². The fraction of sp³-hybridized carbons (Fsp3) is 0.500. The smallest absolute Gasteiger partial charge is 0.337 e. The number of nitrogens with one attached hydrogen (secondary N) is 1. The van der Waals surface area contributed by atoms with Crippen LogP contribution < -0.4 is 11.1 Å². The van der Waals surface area contributed by atoms with Crippen LogP contribution in [0.15, 0.2) is 15.3 Å². The predicted octanol–water partition coefficient (Wildman–Crippen LogP) is 0.990. The highest BCUT2D eigenvalue weighted by Gasteiger charge is 2.32. The zero-order chi connectivity index (χ0) is 11.2. The molecule has 82 valence electrons. The highest BCUT2D eigenvalue weighted by atomic mass is 16.4. The van der Waals surface area contributed by atoms with Crippen LogP contribution in [0.25, 0.3) is 0 Å². The summed E-state index contributed by atoms with van der Waals surface area (Å²) in [7, 11) is 0. The Labute approximate surface area is 87.3 Å². The summed E-state index contributed by atoms with van der Waals surface area (Å²) in [6.07, 6.45) is -0.642. The standard InChI is InChI=1S/C10H14N2O3/c1-5-4-8(14)15-10-9(5)6(2)12(11-10)7(3)13/h4,6-7,11,13H,1-3H3. The molecule has 0 radical (unpaired) electrons. The molecule has 0 amide bonds. The fourth-order valence-electron chi connectivity index (χ4n) is 1.99. The second-order valence-electron chi connectivity index (χ2n) is 3.82. The summed E-state index contributed by atoms with van der Waals surface area (Å²) in [4.78, 5) is 11.1. The van der Waals surface area contributed by atoms with Crippen molar-refractivity contribution in [3.63, 3.8) is 0 Å². The largest absolute Gasteiger partial charge is 0.405 e. The third-order valence-corrected chi connectivity index (χ3v) is 2.67. The van der Waals surface area contributed by atoms with E-state index < -0.39 is 6.23 Å². The summed E-state index contributed by atoms with van der Waals surface area (Å²) in [5.74, 6) is 0.438. The van der Waals surface area contributed by atoms with Crippen LogP contribution in [0.4, 0.5) is 5.88 Å². The van der Waals surface area contributed by atoms with Crippen molar-refractivity contribution in [2.45, 2.75) is 33.0 Å². The van der Waals surface area contributed by atoms with Crippen LogP contribution >= 0.6 is 0 Å². The lowest BCUT2D eigenvalue weighted by Gasteiger charge is -2.23. The zero-order valence-corrected chi connectivity index (χ0v) is 8.94. The van der Waals surface area contributed by atoms with Crippen LogP contribution in [-0.4, -0.2) is 16.3 Å². The minimum Gasteiger partial charge on any atom is -0.405 e. The Morgan fingerprint density at radius 2 is 2.33 bits per heavy atom. The third-order valence-electron chi connectivity index (χ3n) is 2.67. The first kappa shape index (κ1) is 10.2. The molecule has 1 aromatic heterocycles. The van der Waals surface area contributed by atoms with Gasteiger partial charge in [-0.15, -0.1) is 0 Å². The van der Waals surface area contributed by atoms with Gasteiger partial charge in [0, 0.05) is 11.6 Å². The van der Waals surface area contributed by atoms with E-state index in [4.69, 9.17) is 4.42 Å². The van der Waals surface area contributed by atoms with Gasteiger partial charge in [0.15, 0.2) is 0 Å². The Hall–Kier alpha value is -1.33. The number of aliphatic hydroxyl groups excluding tert-OH is 1. The van der Waals surface area contributed by atoms with Gasteiger partial charge in [-0.25, -0.2) is 4.79 Å². The van der Waals surface area contributed by atoms with Crippen molar-refractivity contribution in [2.75, 3.05) is 5.43 Å². The molecule has 2 N–H and O–H groups in total. The van der Waals surface area contributed by atoms with Gasteiger partial charge in [-0.2, -0.15) is 5.01 Å². The van der Waals surface area contributed by atoms with E-state index in [1.807, 2.05) is 13.8 Å². The monoisotopic (exact) mass is 210 g/mol. The summed E-state index contributed by atoms with van der Waals surface area (Å²) in [5.41, 5.74) is 4.31. The number of nitrogens with zero attached hydrogens (tertiary/aromatic N) is 1. The van der Waals surface area contributed by atoms with Gasteiger partial charge in [-0.1, -0.05) is 0 Å². The van der Waals surface area contributed by atoms with E-state index in [0.29, 0.717) is 5.88 Å². The number of hydrogen-bond acceptors (Lipinski definition) is 5. The van der Waals surface area contributed by atoms with Gasteiger partial charge in [-0.05, 0) is 26.3 Å².